The molecule has 0 fully saturated rings. The molecule has 0 saturated carbocycles. The summed E-state index contributed by atoms with van der Waals surface area (Å²) in [5.74, 6) is 0.830. The molecule has 0 aromatic heterocycles. The number of allylic oxidation sites excluding steroid dienone is 1. The quantitative estimate of drug-likeness (QED) is 0.393. The number of methoxy groups -OCH3 is 1. The van der Waals surface area contributed by atoms with Crippen LogP contribution in [0.2, 0.25) is 0 Å². The molecule has 0 aliphatic heterocycles. The topological polar surface area (TPSA) is 18.5 Å². The van der Waals surface area contributed by atoms with Gasteiger partial charge in [0.2, 0.25) is 0 Å². The van der Waals surface area contributed by atoms with Gasteiger partial charge in [0.1, 0.15) is 12.4 Å². The van der Waals surface area contributed by atoms with E-state index in [1.54, 1.807) is 13.2 Å². The van der Waals surface area contributed by atoms with Crippen LogP contribution in [0.1, 0.15) is 25.8 Å². The van der Waals surface area contributed by atoms with Crippen molar-refractivity contribution in [2.45, 2.75) is 33.0 Å². The molecule has 0 unspecified atom stereocenters. The number of rotatable bonds is 7. The molecule has 0 spiro atoms. The summed E-state index contributed by atoms with van der Waals surface area (Å²) in [4.78, 5) is 0. The Morgan fingerprint density at radius 2 is 2.11 bits per heavy atom. The highest BCUT2D eigenvalue weighted by Gasteiger charge is 2.12. The standard InChI is InChI=1S/C16H21IO2/c1-5-14(12(3)18-4)16(6-2)19-11-13-9-7-8-10-15(13)17/h6-10,12H,2,5,11H2,1,3-4H3/b16-14-/t12-/m1/s1. The number of ether oxygens (including phenoxy) is 2. The number of hydrogen-bond acceptors (Lipinski definition) is 2. The average molecular weight is 372 g/mol. The third-order valence-electron chi connectivity index (χ3n) is 3.07. The van der Waals surface area contributed by atoms with Gasteiger partial charge < -0.3 is 9.47 Å². The molecule has 0 aliphatic carbocycles. The first-order chi connectivity index (χ1) is 9.13. The first-order valence-electron chi connectivity index (χ1n) is 6.38. The van der Waals surface area contributed by atoms with Crippen molar-refractivity contribution in [1.29, 1.82) is 0 Å². The first kappa shape index (κ1) is 16.2. The Labute approximate surface area is 129 Å². The second-order valence-electron chi connectivity index (χ2n) is 4.21. The van der Waals surface area contributed by atoms with E-state index in [1.807, 2.05) is 19.1 Å². The van der Waals surface area contributed by atoms with Crippen LogP contribution in [0.4, 0.5) is 0 Å². The summed E-state index contributed by atoms with van der Waals surface area (Å²) in [6.07, 6.45) is 2.71. The number of benzene rings is 1. The van der Waals surface area contributed by atoms with Gasteiger partial charge in [0, 0.05) is 16.2 Å². The zero-order chi connectivity index (χ0) is 14.3. The second kappa shape index (κ2) is 8.38. The van der Waals surface area contributed by atoms with Gasteiger partial charge in [-0.3, -0.25) is 0 Å². The third-order valence-corrected chi connectivity index (χ3v) is 4.12. The summed E-state index contributed by atoms with van der Waals surface area (Å²) < 4.78 is 12.5. The molecule has 0 heterocycles. The van der Waals surface area contributed by atoms with E-state index in [1.165, 1.54) is 9.13 Å². The smallest absolute Gasteiger partial charge is 0.120 e. The van der Waals surface area contributed by atoms with Gasteiger partial charge in [-0.05, 0) is 53.7 Å². The van der Waals surface area contributed by atoms with E-state index >= 15 is 0 Å². The van der Waals surface area contributed by atoms with Crippen LogP contribution in [-0.4, -0.2) is 13.2 Å². The first-order valence-corrected chi connectivity index (χ1v) is 7.46. The molecule has 1 atom stereocenters. The van der Waals surface area contributed by atoms with Crippen molar-refractivity contribution in [3.05, 3.63) is 57.4 Å². The van der Waals surface area contributed by atoms with Gasteiger partial charge in [0.25, 0.3) is 0 Å². The minimum absolute atomic E-state index is 0.0489. The van der Waals surface area contributed by atoms with Crippen LogP contribution in [0, 0.1) is 3.57 Å². The third kappa shape index (κ3) is 4.66. The Morgan fingerprint density at radius 3 is 2.63 bits per heavy atom. The predicted octanol–water partition coefficient (Wildman–Crippen LogP) is 4.69. The summed E-state index contributed by atoms with van der Waals surface area (Å²) in [5, 5.41) is 0. The Bertz CT molecular complexity index is 452. The molecule has 19 heavy (non-hydrogen) atoms. The number of halogens is 1. The fourth-order valence-electron chi connectivity index (χ4n) is 1.86. The van der Waals surface area contributed by atoms with Crippen molar-refractivity contribution >= 4 is 22.6 Å². The van der Waals surface area contributed by atoms with Crippen LogP contribution in [0.25, 0.3) is 0 Å². The van der Waals surface area contributed by atoms with Gasteiger partial charge in [0.15, 0.2) is 0 Å². The van der Waals surface area contributed by atoms with Crippen LogP contribution in [0.5, 0.6) is 0 Å². The summed E-state index contributed by atoms with van der Waals surface area (Å²) in [6.45, 7) is 8.52. The van der Waals surface area contributed by atoms with Crippen LogP contribution in [-0.2, 0) is 16.1 Å². The lowest BCUT2D eigenvalue weighted by atomic mass is 10.1. The zero-order valence-electron chi connectivity index (χ0n) is 11.8. The molecule has 1 rings (SSSR count). The monoisotopic (exact) mass is 372 g/mol. The van der Waals surface area contributed by atoms with Crippen LogP contribution in [0.3, 0.4) is 0 Å². The van der Waals surface area contributed by atoms with Crippen molar-refractivity contribution in [3.63, 3.8) is 0 Å². The maximum absolute atomic E-state index is 5.91. The Kier molecular flexibility index (Phi) is 7.16. The lowest BCUT2D eigenvalue weighted by Crippen LogP contribution is -2.11. The average Bonchev–Trinajstić information content (AvgIpc) is 2.44. The minimum Gasteiger partial charge on any atom is -0.489 e. The van der Waals surface area contributed by atoms with Crippen molar-refractivity contribution in [3.8, 4) is 0 Å². The Morgan fingerprint density at radius 1 is 1.42 bits per heavy atom. The van der Waals surface area contributed by atoms with Crippen molar-refractivity contribution in [1.82, 2.24) is 0 Å². The molecular weight excluding hydrogens is 351 g/mol. The zero-order valence-corrected chi connectivity index (χ0v) is 13.9. The summed E-state index contributed by atoms with van der Waals surface area (Å²) in [7, 11) is 1.71. The van der Waals surface area contributed by atoms with Crippen molar-refractivity contribution in [2.75, 3.05) is 7.11 Å². The lowest BCUT2D eigenvalue weighted by molar-refractivity contribution is 0.131. The van der Waals surface area contributed by atoms with E-state index in [0.29, 0.717) is 6.61 Å². The molecule has 0 saturated heterocycles. The molecular formula is C16H21IO2. The van der Waals surface area contributed by atoms with E-state index in [2.05, 4.69) is 48.2 Å². The van der Waals surface area contributed by atoms with E-state index in [9.17, 15) is 0 Å². The number of hydrogen-bond donors (Lipinski definition) is 0. The van der Waals surface area contributed by atoms with Gasteiger partial charge in [-0.1, -0.05) is 31.7 Å². The van der Waals surface area contributed by atoms with E-state index in [0.717, 1.165) is 17.8 Å². The largest absolute Gasteiger partial charge is 0.489 e. The molecule has 0 radical (unpaired) electrons. The van der Waals surface area contributed by atoms with Gasteiger partial charge in [-0.25, -0.2) is 0 Å². The van der Waals surface area contributed by atoms with Gasteiger partial charge >= 0.3 is 0 Å². The van der Waals surface area contributed by atoms with Gasteiger partial charge in [0.05, 0.1) is 6.10 Å². The fraction of sp³-hybridized carbons (Fsp3) is 0.375. The Balaban J connectivity index is 2.85. The molecule has 2 nitrogen and oxygen atoms in total. The Hall–Kier alpha value is -0.810. The van der Waals surface area contributed by atoms with E-state index < -0.39 is 0 Å². The SMILES string of the molecule is C=C/C(OCc1ccccc1I)=C(\CC)[C@@H](C)OC. The van der Waals surface area contributed by atoms with Crippen molar-refractivity contribution < 1.29 is 9.47 Å². The summed E-state index contributed by atoms with van der Waals surface area (Å²) >= 11 is 2.32. The summed E-state index contributed by atoms with van der Waals surface area (Å²) in [6, 6.07) is 8.21. The highest BCUT2D eigenvalue weighted by Crippen LogP contribution is 2.20. The fourth-order valence-corrected chi connectivity index (χ4v) is 2.40. The minimum atomic E-state index is 0.0489. The van der Waals surface area contributed by atoms with E-state index in [4.69, 9.17) is 9.47 Å². The molecule has 0 N–H and O–H groups in total. The molecule has 1 aromatic carbocycles. The van der Waals surface area contributed by atoms with Crippen molar-refractivity contribution in [2.24, 2.45) is 0 Å². The van der Waals surface area contributed by atoms with Crippen LogP contribution in [0.15, 0.2) is 48.3 Å². The highest BCUT2D eigenvalue weighted by atomic mass is 127. The summed E-state index contributed by atoms with van der Waals surface area (Å²) in [5.41, 5.74) is 2.33. The van der Waals surface area contributed by atoms with Gasteiger partial charge in [-0.15, -0.1) is 0 Å². The maximum Gasteiger partial charge on any atom is 0.120 e. The molecule has 0 aliphatic rings. The van der Waals surface area contributed by atoms with Crippen LogP contribution >= 0.6 is 22.6 Å². The molecule has 104 valence electrons. The normalized spacial score (nSPS) is 13.7. The van der Waals surface area contributed by atoms with Crippen LogP contribution < -0.4 is 0 Å². The molecule has 0 amide bonds. The van der Waals surface area contributed by atoms with E-state index in [-0.39, 0.29) is 6.10 Å². The highest BCUT2D eigenvalue weighted by molar-refractivity contribution is 14.1. The molecule has 0 bridgehead atoms. The second-order valence-corrected chi connectivity index (χ2v) is 5.37. The molecule has 1 aromatic rings. The van der Waals surface area contributed by atoms with Gasteiger partial charge in [-0.2, -0.15) is 0 Å². The molecule has 3 heteroatoms. The maximum atomic E-state index is 5.91. The lowest BCUT2D eigenvalue weighted by Gasteiger charge is -2.18. The predicted molar refractivity (Wildman–Crippen MR) is 87.9 cm³/mol.